The van der Waals surface area contributed by atoms with Crippen molar-refractivity contribution in [2.24, 2.45) is 0 Å². The topological polar surface area (TPSA) is 50.8 Å². The Labute approximate surface area is 140 Å². The zero-order valence-corrected chi connectivity index (χ0v) is 13.6. The first-order valence-corrected chi connectivity index (χ1v) is 8.31. The van der Waals surface area contributed by atoms with Crippen molar-refractivity contribution in [1.82, 2.24) is 15.0 Å². The molecule has 2 aromatic heterocycles. The molecular weight excluding hydrogens is 298 g/mol. The summed E-state index contributed by atoms with van der Waals surface area (Å²) in [7, 11) is 0. The lowest BCUT2D eigenvalue weighted by molar-refractivity contribution is 0.313. The summed E-state index contributed by atoms with van der Waals surface area (Å²) in [5.41, 5.74) is 2.93. The molecule has 0 aliphatic carbocycles. The number of nitrogens with zero attached hydrogens (tertiary/aromatic N) is 2. The van der Waals surface area contributed by atoms with Crippen molar-refractivity contribution in [3.63, 3.8) is 0 Å². The van der Waals surface area contributed by atoms with Gasteiger partial charge in [0.2, 0.25) is 0 Å². The number of ether oxygens (including phenoxy) is 1. The highest BCUT2D eigenvalue weighted by Crippen LogP contribution is 2.33. The number of imidazole rings is 1. The standard InChI is InChI=1S/C20H19N3O/c1-2-3-11-24-18-12-17-19(16-9-5-4-8-15(16)18)23-20(22-17)14-7-6-10-21-13-14/h4-10,12-13H,2-3,11H2,1H3,(H,22,23). The summed E-state index contributed by atoms with van der Waals surface area (Å²) < 4.78 is 6.02. The van der Waals surface area contributed by atoms with Gasteiger partial charge in [0.05, 0.1) is 17.6 Å². The molecule has 0 fully saturated rings. The fourth-order valence-corrected chi connectivity index (χ4v) is 2.90. The molecule has 0 bridgehead atoms. The lowest BCUT2D eigenvalue weighted by Crippen LogP contribution is -1.97. The summed E-state index contributed by atoms with van der Waals surface area (Å²) >= 11 is 0. The summed E-state index contributed by atoms with van der Waals surface area (Å²) in [5, 5.41) is 2.21. The van der Waals surface area contributed by atoms with Crippen LogP contribution in [0.4, 0.5) is 0 Å². The van der Waals surface area contributed by atoms with E-state index in [2.05, 4.69) is 35.1 Å². The lowest BCUT2D eigenvalue weighted by Gasteiger charge is -2.09. The van der Waals surface area contributed by atoms with Crippen LogP contribution in [0, 0.1) is 0 Å². The van der Waals surface area contributed by atoms with Crippen molar-refractivity contribution >= 4 is 21.8 Å². The van der Waals surface area contributed by atoms with E-state index in [1.165, 1.54) is 0 Å². The number of unbranched alkanes of at least 4 members (excludes halogenated alkanes) is 1. The Morgan fingerprint density at radius 2 is 1.96 bits per heavy atom. The van der Waals surface area contributed by atoms with Gasteiger partial charge in [-0.1, -0.05) is 37.6 Å². The van der Waals surface area contributed by atoms with Gasteiger partial charge < -0.3 is 9.72 Å². The molecule has 24 heavy (non-hydrogen) atoms. The fraction of sp³-hybridized carbons (Fsp3) is 0.200. The van der Waals surface area contributed by atoms with E-state index in [1.807, 2.05) is 30.5 Å². The second-order valence-corrected chi connectivity index (χ2v) is 5.85. The predicted molar refractivity (Wildman–Crippen MR) is 97.2 cm³/mol. The molecule has 2 aromatic carbocycles. The van der Waals surface area contributed by atoms with Crippen molar-refractivity contribution in [3.8, 4) is 17.1 Å². The van der Waals surface area contributed by atoms with E-state index < -0.39 is 0 Å². The highest BCUT2D eigenvalue weighted by Gasteiger charge is 2.12. The van der Waals surface area contributed by atoms with Crippen LogP contribution in [-0.4, -0.2) is 21.6 Å². The molecule has 0 aliphatic rings. The first kappa shape index (κ1) is 14.7. The zero-order chi connectivity index (χ0) is 16.4. The Morgan fingerprint density at radius 1 is 1.08 bits per heavy atom. The van der Waals surface area contributed by atoms with Gasteiger partial charge in [-0.3, -0.25) is 4.98 Å². The molecule has 4 rings (SSSR count). The van der Waals surface area contributed by atoms with E-state index >= 15 is 0 Å². The monoisotopic (exact) mass is 317 g/mol. The minimum Gasteiger partial charge on any atom is -0.493 e. The molecule has 0 spiro atoms. The van der Waals surface area contributed by atoms with Gasteiger partial charge in [0.15, 0.2) is 0 Å². The van der Waals surface area contributed by atoms with Crippen LogP contribution in [0.2, 0.25) is 0 Å². The second-order valence-electron chi connectivity index (χ2n) is 5.85. The molecule has 1 N–H and O–H groups in total. The molecule has 4 heteroatoms. The van der Waals surface area contributed by atoms with Gasteiger partial charge in [-0.05, 0) is 18.6 Å². The van der Waals surface area contributed by atoms with Crippen LogP contribution in [0.5, 0.6) is 5.75 Å². The van der Waals surface area contributed by atoms with E-state index in [-0.39, 0.29) is 0 Å². The fourth-order valence-electron chi connectivity index (χ4n) is 2.90. The average Bonchev–Trinajstić information content (AvgIpc) is 3.07. The summed E-state index contributed by atoms with van der Waals surface area (Å²) in [4.78, 5) is 12.4. The van der Waals surface area contributed by atoms with Crippen molar-refractivity contribution in [3.05, 3.63) is 54.9 Å². The van der Waals surface area contributed by atoms with E-state index in [0.29, 0.717) is 0 Å². The third-order valence-electron chi connectivity index (χ3n) is 4.15. The minimum absolute atomic E-state index is 0.732. The van der Waals surface area contributed by atoms with Gasteiger partial charge in [-0.2, -0.15) is 0 Å². The Hall–Kier alpha value is -2.88. The van der Waals surface area contributed by atoms with Gasteiger partial charge in [0, 0.05) is 34.8 Å². The van der Waals surface area contributed by atoms with Gasteiger partial charge >= 0.3 is 0 Å². The van der Waals surface area contributed by atoms with Gasteiger partial charge in [0.1, 0.15) is 11.6 Å². The highest BCUT2D eigenvalue weighted by atomic mass is 16.5. The SMILES string of the molecule is CCCCOc1cc2[nH]c(-c3cccnc3)nc2c2ccccc12. The molecule has 0 unspecified atom stereocenters. The van der Waals surface area contributed by atoms with Crippen LogP contribution in [0.15, 0.2) is 54.9 Å². The Morgan fingerprint density at radius 3 is 2.75 bits per heavy atom. The number of nitrogens with one attached hydrogen (secondary N) is 1. The lowest BCUT2D eigenvalue weighted by atomic mass is 10.1. The maximum Gasteiger partial charge on any atom is 0.140 e. The number of aromatic amines is 1. The Balaban J connectivity index is 1.88. The number of hydrogen-bond donors (Lipinski definition) is 1. The van der Waals surface area contributed by atoms with Crippen LogP contribution in [-0.2, 0) is 0 Å². The van der Waals surface area contributed by atoms with Crippen LogP contribution >= 0.6 is 0 Å². The summed E-state index contributed by atoms with van der Waals surface area (Å²) in [6.45, 7) is 2.90. The number of H-pyrrole nitrogens is 1. The van der Waals surface area contributed by atoms with Crippen molar-refractivity contribution in [2.75, 3.05) is 6.61 Å². The molecule has 0 aliphatic heterocycles. The number of fused-ring (bicyclic) bond motifs is 3. The van der Waals surface area contributed by atoms with E-state index in [4.69, 9.17) is 9.72 Å². The van der Waals surface area contributed by atoms with E-state index in [9.17, 15) is 0 Å². The number of rotatable bonds is 5. The number of aromatic nitrogens is 3. The Bertz CT molecular complexity index is 976. The zero-order valence-electron chi connectivity index (χ0n) is 13.6. The normalized spacial score (nSPS) is 11.2. The number of benzene rings is 2. The average molecular weight is 317 g/mol. The van der Waals surface area contributed by atoms with Crippen LogP contribution in [0.1, 0.15) is 19.8 Å². The van der Waals surface area contributed by atoms with Crippen LogP contribution in [0.3, 0.4) is 0 Å². The quantitative estimate of drug-likeness (QED) is 0.529. The van der Waals surface area contributed by atoms with Crippen molar-refractivity contribution in [1.29, 1.82) is 0 Å². The molecular formula is C20H19N3O. The first-order valence-electron chi connectivity index (χ1n) is 8.31. The van der Waals surface area contributed by atoms with E-state index in [0.717, 1.165) is 58.4 Å². The molecule has 4 nitrogen and oxygen atoms in total. The summed E-state index contributed by atoms with van der Waals surface area (Å²) in [6, 6.07) is 14.2. The van der Waals surface area contributed by atoms with Crippen molar-refractivity contribution < 1.29 is 4.74 Å². The molecule has 0 saturated carbocycles. The highest BCUT2D eigenvalue weighted by molar-refractivity contribution is 6.08. The maximum atomic E-state index is 6.02. The van der Waals surface area contributed by atoms with Crippen molar-refractivity contribution in [2.45, 2.75) is 19.8 Å². The minimum atomic E-state index is 0.732. The maximum absolute atomic E-state index is 6.02. The predicted octanol–water partition coefficient (Wildman–Crippen LogP) is 4.96. The largest absolute Gasteiger partial charge is 0.493 e. The third kappa shape index (κ3) is 2.60. The van der Waals surface area contributed by atoms with Crippen LogP contribution in [0.25, 0.3) is 33.2 Å². The molecule has 120 valence electrons. The Kier molecular flexibility index (Phi) is 3.87. The van der Waals surface area contributed by atoms with Gasteiger partial charge in [-0.25, -0.2) is 4.98 Å². The first-order chi connectivity index (χ1) is 11.9. The molecule has 0 saturated heterocycles. The molecule has 2 heterocycles. The number of hydrogen-bond acceptors (Lipinski definition) is 3. The summed E-state index contributed by atoms with van der Waals surface area (Å²) in [5.74, 6) is 1.74. The summed E-state index contributed by atoms with van der Waals surface area (Å²) in [6.07, 6.45) is 5.76. The van der Waals surface area contributed by atoms with E-state index in [1.54, 1.807) is 6.20 Å². The molecule has 0 amide bonds. The molecule has 0 atom stereocenters. The van der Waals surface area contributed by atoms with Gasteiger partial charge in [0.25, 0.3) is 0 Å². The van der Waals surface area contributed by atoms with Crippen LogP contribution < -0.4 is 4.74 Å². The molecule has 0 radical (unpaired) electrons. The van der Waals surface area contributed by atoms with Gasteiger partial charge in [-0.15, -0.1) is 0 Å². The number of pyridine rings is 1. The third-order valence-corrected chi connectivity index (χ3v) is 4.15. The molecule has 4 aromatic rings. The second kappa shape index (κ2) is 6.32. The smallest absolute Gasteiger partial charge is 0.140 e.